The Labute approximate surface area is 200 Å². The summed E-state index contributed by atoms with van der Waals surface area (Å²) in [7, 11) is 0. The highest BCUT2D eigenvalue weighted by Crippen LogP contribution is 2.37. The first-order chi connectivity index (χ1) is 16.7. The number of unbranched alkanes of at least 4 members (excludes halogenated alkanes) is 1. The van der Waals surface area contributed by atoms with Crippen molar-refractivity contribution in [3.05, 3.63) is 99.3 Å². The van der Waals surface area contributed by atoms with E-state index >= 15 is 0 Å². The number of benzene rings is 2. The molecule has 0 spiro atoms. The molecule has 0 bridgehead atoms. The molecule has 6 nitrogen and oxygen atoms in total. The Hall–Kier alpha value is -3.12. The number of nitrogens with zero attached hydrogens (tertiary/aromatic N) is 3. The van der Waals surface area contributed by atoms with Crippen molar-refractivity contribution in [3.8, 4) is 5.69 Å². The summed E-state index contributed by atoms with van der Waals surface area (Å²) < 4.78 is 11.1. The minimum Gasteiger partial charge on any atom is -0.349 e. The van der Waals surface area contributed by atoms with Gasteiger partial charge in [0, 0.05) is 5.92 Å². The number of aromatic nitrogens is 3. The van der Waals surface area contributed by atoms with Crippen molar-refractivity contribution in [2.75, 3.05) is 0 Å². The molecule has 0 amide bonds. The van der Waals surface area contributed by atoms with Gasteiger partial charge in [-0.25, -0.2) is 18.8 Å². The molecule has 0 radical (unpaired) electrons. The predicted molar refractivity (Wildman–Crippen MR) is 134 cm³/mol. The highest BCUT2D eigenvalue weighted by molar-refractivity contribution is 5.31. The lowest BCUT2D eigenvalue weighted by Crippen LogP contribution is -2.39. The van der Waals surface area contributed by atoms with E-state index < -0.39 is 6.23 Å². The maximum Gasteiger partial charge on any atom is 0.354 e. The molecule has 5 rings (SSSR count). The van der Waals surface area contributed by atoms with Crippen LogP contribution in [0.2, 0.25) is 0 Å². The number of para-hydroxylation sites is 1. The van der Waals surface area contributed by atoms with E-state index in [1.165, 1.54) is 16.6 Å². The van der Waals surface area contributed by atoms with E-state index in [4.69, 9.17) is 4.74 Å². The molecule has 2 aliphatic rings. The fraction of sp³-hybridized carbons (Fsp3) is 0.429. The van der Waals surface area contributed by atoms with Gasteiger partial charge in [-0.15, -0.1) is 0 Å². The summed E-state index contributed by atoms with van der Waals surface area (Å²) >= 11 is 0. The van der Waals surface area contributed by atoms with E-state index in [0.29, 0.717) is 5.69 Å². The number of rotatable bonds is 7. The van der Waals surface area contributed by atoms with Crippen molar-refractivity contribution >= 4 is 0 Å². The van der Waals surface area contributed by atoms with E-state index in [-0.39, 0.29) is 29.4 Å². The summed E-state index contributed by atoms with van der Waals surface area (Å²) in [6.07, 6.45) is 10.5. The lowest BCUT2D eigenvalue weighted by atomic mass is 9.81. The smallest absolute Gasteiger partial charge is 0.349 e. The average molecular weight is 460 g/mol. The topological polar surface area (TPSA) is 58.2 Å². The van der Waals surface area contributed by atoms with E-state index in [9.17, 15) is 9.59 Å². The Morgan fingerprint density at radius 3 is 2.26 bits per heavy atom. The second-order valence-corrected chi connectivity index (χ2v) is 9.39. The normalized spacial score (nSPS) is 24.1. The van der Waals surface area contributed by atoms with Gasteiger partial charge < -0.3 is 4.74 Å². The van der Waals surface area contributed by atoms with Gasteiger partial charge in [0.2, 0.25) is 0 Å². The average Bonchev–Trinajstić information content (AvgIpc) is 3.15. The first-order valence-electron chi connectivity index (χ1n) is 12.6. The maximum absolute atomic E-state index is 13.6. The molecular weight excluding hydrogens is 426 g/mol. The van der Waals surface area contributed by atoms with Crippen molar-refractivity contribution in [1.82, 2.24) is 13.9 Å². The third kappa shape index (κ3) is 4.23. The van der Waals surface area contributed by atoms with Crippen LogP contribution >= 0.6 is 0 Å². The SMILES string of the molecule is CCCC[C@@H]1C=C[C@H](O[C@H]2CCCC[C@@H]2c2ccccc2)n2c(=O)n(-c3ccccc3)c(=O)n21. The molecule has 0 N–H and O–H groups in total. The molecule has 4 atom stereocenters. The molecule has 6 heteroatoms. The molecule has 1 saturated carbocycles. The Kier molecular flexibility index (Phi) is 6.68. The van der Waals surface area contributed by atoms with Crippen LogP contribution in [0.3, 0.4) is 0 Å². The molecule has 1 fully saturated rings. The molecule has 1 aliphatic carbocycles. The number of fused-ring (bicyclic) bond motifs is 1. The van der Waals surface area contributed by atoms with Gasteiger partial charge in [-0.2, -0.15) is 4.68 Å². The summed E-state index contributed by atoms with van der Waals surface area (Å²) in [5.74, 6) is 0.285. The summed E-state index contributed by atoms with van der Waals surface area (Å²) in [4.78, 5) is 27.2. The largest absolute Gasteiger partial charge is 0.354 e. The van der Waals surface area contributed by atoms with Crippen molar-refractivity contribution in [2.45, 2.75) is 76.2 Å². The first kappa shape index (κ1) is 22.7. The van der Waals surface area contributed by atoms with Crippen LogP contribution in [0.25, 0.3) is 5.69 Å². The van der Waals surface area contributed by atoms with Crippen LogP contribution in [0.15, 0.2) is 82.4 Å². The zero-order valence-corrected chi connectivity index (χ0v) is 19.8. The Balaban J connectivity index is 1.54. The van der Waals surface area contributed by atoms with Gasteiger partial charge >= 0.3 is 11.4 Å². The maximum atomic E-state index is 13.6. The molecular formula is C28H33N3O3. The minimum absolute atomic E-state index is 0.00600. The molecule has 2 heterocycles. The second-order valence-electron chi connectivity index (χ2n) is 9.39. The van der Waals surface area contributed by atoms with Gasteiger partial charge in [0.1, 0.15) is 0 Å². The van der Waals surface area contributed by atoms with Crippen LogP contribution < -0.4 is 11.4 Å². The van der Waals surface area contributed by atoms with Gasteiger partial charge in [0.15, 0.2) is 6.23 Å². The zero-order chi connectivity index (χ0) is 23.5. The molecule has 3 aromatic rings. The van der Waals surface area contributed by atoms with E-state index in [1.807, 2.05) is 30.3 Å². The zero-order valence-electron chi connectivity index (χ0n) is 19.8. The number of allylic oxidation sites excluding steroid dienone is 1. The lowest BCUT2D eigenvalue weighted by molar-refractivity contribution is -0.0693. The predicted octanol–water partition coefficient (Wildman–Crippen LogP) is 5.34. The highest BCUT2D eigenvalue weighted by atomic mass is 16.5. The van der Waals surface area contributed by atoms with Gasteiger partial charge in [-0.05, 0) is 43.0 Å². The van der Waals surface area contributed by atoms with Crippen LogP contribution in [0, 0.1) is 0 Å². The summed E-state index contributed by atoms with van der Waals surface area (Å²) in [6.45, 7) is 2.14. The lowest BCUT2D eigenvalue weighted by Gasteiger charge is -2.36. The van der Waals surface area contributed by atoms with E-state index in [2.05, 4.69) is 37.3 Å². The summed E-state index contributed by atoms with van der Waals surface area (Å²) in [6, 6.07) is 19.5. The third-order valence-corrected chi connectivity index (χ3v) is 7.17. The standard InChI is InChI=1S/C28H33N3O3/c1-2-3-14-23-19-20-26(34-25-18-11-10-17-24(25)21-12-6-4-7-13-21)31-28(33)29(27(32)30(23)31)22-15-8-5-9-16-22/h4-9,12-13,15-16,19-20,23-26H,2-3,10-11,14,17-18H2,1H3/t23-,24-,25+,26+/m1/s1. The number of hydrogen-bond donors (Lipinski definition) is 0. The molecule has 2 aromatic carbocycles. The monoisotopic (exact) mass is 459 g/mol. The fourth-order valence-electron chi connectivity index (χ4n) is 5.44. The van der Waals surface area contributed by atoms with E-state index in [0.717, 1.165) is 38.5 Å². The Bertz CT molecular complexity index is 1240. The summed E-state index contributed by atoms with van der Waals surface area (Å²) in [5.41, 5.74) is 1.21. The number of hydrogen-bond acceptors (Lipinski definition) is 3. The molecule has 1 aromatic heterocycles. The molecule has 1 aliphatic heterocycles. The third-order valence-electron chi connectivity index (χ3n) is 7.17. The molecule has 0 saturated heterocycles. The molecule has 34 heavy (non-hydrogen) atoms. The Morgan fingerprint density at radius 2 is 1.53 bits per heavy atom. The highest BCUT2D eigenvalue weighted by Gasteiger charge is 2.34. The van der Waals surface area contributed by atoms with Gasteiger partial charge in [0.05, 0.1) is 17.8 Å². The van der Waals surface area contributed by atoms with Crippen molar-refractivity contribution in [2.24, 2.45) is 0 Å². The molecule has 178 valence electrons. The van der Waals surface area contributed by atoms with Crippen LogP contribution in [-0.4, -0.2) is 20.0 Å². The summed E-state index contributed by atoms with van der Waals surface area (Å²) in [5, 5.41) is 0. The molecule has 0 unspecified atom stereocenters. The minimum atomic E-state index is -0.600. The van der Waals surface area contributed by atoms with Crippen molar-refractivity contribution in [1.29, 1.82) is 0 Å². The first-order valence-corrected chi connectivity index (χ1v) is 12.6. The van der Waals surface area contributed by atoms with Gasteiger partial charge in [-0.3, -0.25) is 0 Å². The quantitative estimate of drug-likeness (QED) is 0.448. The van der Waals surface area contributed by atoms with Crippen LogP contribution in [-0.2, 0) is 4.74 Å². The van der Waals surface area contributed by atoms with Crippen molar-refractivity contribution < 1.29 is 4.74 Å². The van der Waals surface area contributed by atoms with Gasteiger partial charge in [0.25, 0.3) is 0 Å². The fourth-order valence-corrected chi connectivity index (χ4v) is 5.44. The second kappa shape index (κ2) is 10.0. The van der Waals surface area contributed by atoms with Crippen molar-refractivity contribution in [3.63, 3.8) is 0 Å². The Morgan fingerprint density at radius 1 is 0.853 bits per heavy atom. The van der Waals surface area contributed by atoms with Crippen LogP contribution in [0.4, 0.5) is 0 Å². The van der Waals surface area contributed by atoms with E-state index in [1.54, 1.807) is 21.5 Å². The van der Waals surface area contributed by atoms with Crippen LogP contribution in [0.5, 0.6) is 0 Å². The van der Waals surface area contributed by atoms with Crippen LogP contribution in [0.1, 0.15) is 75.6 Å². The van der Waals surface area contributed by atoms with Gasteiger partial charge in [-0.1, -0.05) is 87.2 Å². The number of ether oxygens (including phenoxy) is 1.